The van der Waals surface area contributed by atoms with Crippen LogP contribution in [-0.2, 0) is 16.0 Å². The molecule has 0 saturated carbocycles. The third-order valence-electron chi connectivity index (χ3n) is 3.13. The Kier molecular flexibility index (Phi) is 6.34. The van der Waals surface area contributed by atoms with Crippen LogP contribution in [0.5, 0.6) is 0 Å². The van der Waals surface area contributed by atoms with Gasteiger partial charge in [0.15, 0.2) is 0 Å². The SMILES string of the molecule is CC(C)CN(CC(=O)O)C(=O)C(C)Cc1ccccc1F. The number of hydrogen-bond acceptors (Lipinski definition) is 2. The molecule has 5 heteroatoms. The second kappa shape index (κ2) is 7.76. The smallest absolute Gasteiger partial charge is 0.323 e. The maximum atomic E-state index is 13.6. The van der Waals surface area contributed by atoms with E-state index < -0.39 is 11.9 Å². The topological polar surface area (TPSA) is 57.6 Å². The Bertz CT molecular complexity index is 502. The zero-order valence-electron chi connectivity index (χ0n) is 12.7. The number of nitrogens with zero attached hydrogens (tertiary/aromatic N) is 1. The van der Waals surface area contributed by atoms with Gasteiger partial charge in [0.05, 0.1) is 0 Å². The third kappa shape index (κ3) is 5.53. The summed E-state index contributed by atoms with van der Waals surface area (Å²) in [5.74, 6) is -1.92. The molecule has 1 aromatic rings. The highest BCUT2D eigenvalue weighted by atomic mass is 19.1. The molecule has 0 aromatic heterocycles. The zero-order valence-corrected chi connectivity index (χ0v) is 12.7. The first-order chi connectivity index (χ1) is 9.81. The van der Waals surface area contributed by atoms with Gasteiger partial charge in [0.2, 0.25) is 5.91 Å². The molecule has 4 nitrogen and oxygen atoms in total. The lowest BCUT2D eigenvalue weighted by molar-refractivity contribution is -0.146. The number of halogens is 1. The Balaban J connectivity index is 2.77. The van der Waals surface area contributed by atoms with Crippen LogP contribution in [0.15, 0.2) is 24.3 Å². The molecular formula is C16H22FNO3. The molecule has 1 N–H and O–H groups in total. The summed E-state index contributed by atoms with van der Waals surface area (Å²) in [6, 6.07) is 6.32. The average molecular weight is 295 g/mol. The Hall–Kier alpha value is -1.91. The molecular weight excluding hydrogens is 273 g/mol. The highest BCUT2D eigenvalue weighted by molar-refractivity contribution is 5.83. The van der Waals surface area contributed by atoms with E-state index in [1.165, 1.54) is 11.0 Å². The third-order valence-corrected chi connectivity index (χ3v) is 3.13. The molecule has 0 aliphatic rings. The molecule has 0 spiro atoms. The van der Waals surface area contributed by atoms with Gasteiger partial charge in [-0.05, 0) is 24.0 Å². The summed E-state index contributed by atoms with van der Waals surface area (Å²) in [7, 11) is 0. The standard InChI is InChI=1S/C16H22FNO3/c1-11(2)9-18(10-15(19)20)16(21)12(3)8-13-6-4-5-7-14(13)17/h4-7,11-12H,8-10H2,1-3H3,(H,19,20). The highest BCUT2D eigenvalue weighted by Gasteiger charge is 2.24. The summed E-state index contributed by atoms with van der Waals surface area (Å²) in [5.41, 5.74) is 0.471. The fourth-order valence-electron chi connectivity index (χ4n) is 2.23. The van der Waals surface area contributed by atoms with Crippen molar-refractivity contribution in [2.24, 2.45) is 11.8 Å². The molecule has 0 saturated heterocycles. The molecule has 1 rings (SSSR count). The fourth-order valence-corrected chi connectivity index (χ4v) is 2.23. The molecule has 0 radical (unpaired) electrons. The van der Waals surface area contributed by atoms with E-state index in [0.29, 0.717) is 12.1 Å². The quantitative estimate of drug-likeness (QED) is 0.841. The molecule has 0 aliphatic carbocycles. The van der Waals surface area contributed by atoms with Crippen molar-refractivity contribution < 1.29 is 19.1 Å². The van der Waals surface area contributed by atoms with Crippen molar-refractivity contribution in [2.75, 3.05) is 13.1 Å². The van der Waals surface area contributed by atoms with Crippen LogP contribution in [0.25, 0.3) is 0 Å². The van der Waals surface area contributed by atoms with E-state index >= 15 is 0 Å². The van der Waals surface area contributed by atoms with Crippen LogP contribution in [-0.4, -0.2) is 35.0 Å². The second-order valence-corrected chi connectivity index (χ2v) is 5.70. The number of hydrogen-bond donors (Lipinski definition) is 1. The lowest BCUT2D eigenvalue weighted by Gasteiger charge is -2.26. The van der Waals surface area contributed by atoms with E-state index in [4.69, 9.17) is 5.11 Å². The van der Waals surface area contributed by atoms with Crippen molar-refractivity contribution in [2.45, 2.75) is 27.2 Å². The van der Waals surface area contributed by atoms with Gasteiger partial charge < -0.3 is 10.0 Å². The van der Waals surface area contributed by atoms with Crippen molar-refractivity contribution in [3.63, 3.8) is 0 Å². The lowest BCUT2D eigenvalue weighted by atomic mass is 9.99. The van der Waals surface area contributed by atoms with Crippen LogP contribution in [0.4, 0.5) is 4.39 Å². The van der Waals surface area contributed by atoms with Crippen molar-refractivity contribution in [3.05, 3.63) is 35.6 Å². The fraction of sp³-hybridized carbons (Fsp3) is 0.500. The normalized spacial score (nSPS) is 12.2. The summed E-state index contributed by atoms with van der Waals surface area (Å²) < 4.78 is 13.6. The van der Waals surface area contributed by atoms with Gasteiger partial charge in [0.25, 0.3) is 0 Å². The molecule has 21 heavy (non-hydrogen) atoms. The summed E-state index contributed by atoms with van der Waals surface area (Å²) >= 11 is 0. The van der Waals surface area contributed by atoms with Gasteiger partial charge in [-0.25, -0.2) is 4.39 Å². The molecule has 1 amide bonds. The molecule has 1 unspecified atom stereocenters. The van der Waals surface area contributed by atoms with Crippen LogP contribution in [0.3, 0.4) is 0 Å². The molecule has 0 fully saturated rings. The maximum absolute atomic E-state index is 13.6. The summed E-state index contributed by atoms with van der Waals surface area (Å²) in [4.78, 5) is 24.6. The summed E-state index contributed by atoms with van der Waals surface area (Å²) in [6.45, 7) is 5.60. The summed E-state index contributed by atoms with van der Waals surface area (Å²) in [6.07, 6.45) is 0.264. The van der Waals surface area contributed by atoms with Crippen molar-refractivity contribution in [3.8, 4) is 0 Å². The first-order valence-electron chi connectivity index (χ1n) is 7.05. The largest absolute Gasteiger partial charge is 0.480 e. The van der Waals surface area contributed by atoms with Gasteiger partial charge in [-0.1, -0.05) is 39.0 Å². The van der Waals surface area contributed by atoms with E-state index in [2.05, 4.69) is 0 Å². The Morgan fingerprint density at radius 1 is 1.24 bits per heavy atom. The van der Waals surface area contributed by atoms with E-state index in [0.717, 1.165) is 0 Å². The Morgan fingerprint density at radius 3 is 2.38 bits per heavy atom. The first-order valence-corrected chi connectivity index (χ1v) is 7.05. The monoisotopic (exact) mass is 295 g/mol. The molecule has 0 bridgehead atoms. The van der Waals surface area contributed by atoms with Gasteiger partial charge in [-0.2, -0.15) is 0 Å². The molecule has 1 aromatic carbocycles. The van der Waals surface area contributed by atoms with Gasteiger partial charge in [-0.3, -0.25) is 9.59 Å². The van der Waals surface area contributed by atoms with Crippen LogP contribution in [0, 0.1) is 17.7 Å². The molecule has 0 heterocycles. The second-order valence-electron chi connectivity index (χ2n) is 5.70. The number of carbonyl (C=O) groups is 2. The predicted molar refractivity (Wildman–Crippen MR) is 78.3 cm³/mol. The maximum Gasteiger partial charge on any atom is 0.323 e. The average Bonchev–Trinajstić information content (AvgIpc) is 2.38. The van der Waals surface area contributed by atoms with Gasteiger partial charge in [0.1, 0.15) is 12.4 Å². The van der Waals surface area contributed by atoms with E-state index in [9.17, 15) is 14.0 Å². The van der Waals surface area contributed by atoms with Crippen LogP contribution >= 0.6 is 0 Å². The minimum atomic E-state index is -1.04. The van der Waals surface area contributed by atoms with E-state index in [1.54, 1.807) is 25.1 Å². The molecule has 0 aliphatic heterocycles. The van der Waals surface area contributed by atoms with Crippen LogP contribution < -0.4 is 0 Å². The number of amides is 1. The number of benzene rings is 1. The van der Waals surface area contributed by atoms with Gasteiger partial charge in [0, 0.05) is 12.5 Å². The summed E-state index contributed by atoms with van der Waals surface area (Å²) in [5, 5.41) is 8.91. The Morgan fingerprint density at radius 2 is 1.86 bits per heavy atom. The van der Waals surface area contributed by atoms with E-state index in [1.807, 2.05) is 13.8 Å². The number of aliphatic carboxylic acids is 1. The predicted octanol–water partition coefficient (Wildman–Crippen LogP) is 2.57. The van der Waals surface area contributed by atoms with Gasteiger partial charge in [-0.15, -0.1) is 0 Å². The first kappa shape index (κ1) is 17.1. The minimum absolute atomic E-state index is 0.175. The van der Waals surface area contributed by atoms with Crippen molar-refractivity contribution in [1.82, 2.24) is 4.90 Å². The van der Waals surface area contributed by atoms with Crippen LogP contribution in [0.1, 0.15) is 26.3 Å². The highest BCUT2D eigenvalue weighted by Crippen LogP contribution is 2.15. The van der Waals surface area contributed by atoms with Gasteiger partial charge >= 0.3 is 5.97 Å². The van der Waals surface area contributed by atoms with Crippen LogP contribution in [0.2, 0.25) is 0 Å². The molecule has 116 valence electrons. The number of carboxylic acids is 1. The minimum Gasteiger partial charge on any atom is -0.480 e. The Labute approximate surface area is 124 Å². The van der Waals surface area contributed by atoms with Crippen molar-refractivity contribution >= 4 is 11.9 Å². The van der Waals surface area contributed by atoms with Crippen molar-refractivity contribution in [1.29, 1.82) is 0 Å². The number of carboxylic acid groups (broad SMARTS) is 1. The molecule has 1 atom stereocenters. The zero-order chi connectivity index (χ0) is 16.0. The lowest BCUT2D eigenvalue weighted by Crippen LogP contribution is -2.41. The number of carbonyl (C=O) groups excluding carboxylic acids is 1. The van der Waals surface area contributed by atoms with E-state index in [-0.39, 0.29) is 30.6 Å². The number of rotatable bonds is 7.